The van der Waals surface area contributed by atoms with E-state index in [1.165, 1.54) is 24.3 Å². The Hall–Kier alpha value is -3.80. The monoisotopic (exact) mass is 528 g/mol. The molecule has 4 rings (SSSR count). The number of carbonyl (C=O) groups is 2. The topological polar surface area (TPSA) is 74.3 Å². The van der Waals surface area contributed by atoms with E-state index < -0.39 is 35.3 Å². The minimum atomic E-state index is -4.72. The van der Waals surface area contributed by atoms with Crippen LogP contribution in [-0.2, 0) is 12.4 Å². The Morgan fingerprint density at radius 3 is 1.94 bits per heavy atom. The van der Waals surface area contributed by atoms with Gasteiger partial charge in [0.25, 0.3) is 11.8 Å². The van der Waals surface area contributed by atoms with Crippen LogP contribution < -0.4 is 15.5 Å². The van der Waals surface area contributed by atoms with Gasteiger partial charge in [0.05, 0.1) is 38.7 Å². The standard InChI is InChI=1S/C23H15ClF6N4O2/c24-16-9-13(23(28,29)30)11-33-19(16)32-8-7-31-17-6-5-12(22(25,26)27)10-18(17)34-20(35)14-3-1-2-4-15(14)21(34)36/h1-6,9-11,31H,7-8H2,(H,32,33). The van der Waals surface area contributed by atoms with Gasteiger partial charge in [-0.05, 0) is 36.4 Å². The zero-order valence-electron chi connectivity index (χ0n) is 18.0. The molecule has 1 aliphatic heterocycles. The fourth-order valence-electron chi connectivity index (χ4n) is 3.55. The number of nitrogens with one attached hydrogen (secondary N) is 2. The number of rotatable bonds is 6. The van der Waals surface area contributed by atoms with Crippen molar-refractivity contribution in [3.63, 3.8) is 0 Å². The van der Waals surface area contributed by atoms with Crippen LogP contribution in [0.2, 0.25) is 5.02 Å². The van der Waals surface area contributed by atoms with E-state index in [0.29, 0.717) is 23.2 Å². The van der Waals surface area contributed by atoms with Gasteiger partial charge in [-0.25, -0.2) is 9.88 Å². The van der Waals surface area contributed by atoms with E-state index in [4.69, 9.17) is 11.6 Å². The molecule has 2 heterocycles. The molecule has 0 spiro atoms. The molecule has 1 aliphatic rings. The number of hydrogen-bond acceptors (Lipinski definition) is 5. The van der Waals surface area contributed by atoms with Gasteiger partial charge >= 0.3 is 12.4 Å². The summed E-state index contributed by atoms with van der Waals surface area (Å²) in [6, 6.07) is 9.17. The molecule has 0 bridgehead atoms. The molecule has 0 aliphatic carbocycles. The molecule has 0 unspecified atom stereocenters. The largest absolute Gasteiger partial charge is 0.417 e. The Bertz CT molecular complexity index is 1310. The van der Waals surface area contributed by atoms with E-state index in [1.54, 1.807) is 0 Å². The van der Waals surface area contributed by atoms with Gasteiger partial charge in [-0.15, -0.1) is 0 Å². The molecule has 1 aromatic heterocycles. The minimum absolute atomic E-state index is 0.0283. The van der Waals surface area contributed by atoms with E-state index >= 15 is 0 Å². The van der Waals surface area contributed by atoms with Crippen molar-refractivity contribution in [1.29, 1.82) is 0 Å². The molecular weight excluding hydrogens is 514 g/mol. The fraction of sp³-hybridized carbons (Fsp3) is 0.174. The number of anilines is 3. The lowest BCUT2D eigenvalue weighted by molar-refractivity contribution is -0.138. The third kappa shape index (κ3) is 4.94. The highest BCUT2D eigenvalue weighted by atomic mass is 35.5. The van der Waals surface area contributed by atoms with Gasteiger partial charge in [0.15, 0.2) is 0 Å². The number of fused-ring (bicyclic) bond motifs is 1. The van der Waals surface area contributed by atoms with Crippen molar-refractivity contribution in [2.24, 2.45) is 0 Å². The molecule has 6 nitrogen and oxygen atoms in total. The molecule has 188 valence electrons. The number of nitrogens with zero attached hydrogens (tertiary/aromatic N) is 2. The third-order valence-corrected chi connectivity index (χ3v) is 5.55. The van der Waals surface area contributed by atoms with Crippen molar-refractivity contribution in [3.8, 4) is 0 Å². The lowest BCUT2D eigenvalue weighted by Crippen LogP contribution is -2.31. The molecule has 2 amide bonds. The maximum atomic E-state index is 13.4. The number of hydrogen-bond donors (Lipinski definition) is 2. The van der Waals surface area contributed by atoms with E-state index in [0.717, 1.165) is 12.1 Å². The number of pyridine rings is 1. The van der Waals surface area contributed by atoms with Gasteiger partial charge in [0.2, 0.25) is 0 Å². The smallest absolute Gasteiger partial charge is 0.382 e. The summed E-state index contributed by atoms with van der Waals surface area (Å²) >= 11 is 5.85. The van der Waals surface area contributed by atoms with Gasteiger partial charge in [-0.2, -0.15) is 26.3 Å². The molecule has 0 saturated heterocycles. The summed E-state index contributed by atoms with van der Waals surface area (Å²) < 4.78 is 78.4. The van der Waals surface area contributed by atoms with Crippen LogP contribution in [0.25, 0.3) is 0 Å². The molecule has 0 atom stereocenters. The number of aromatic nitrogens is 1. The number of halogens is 7. The zero-order valence-corrected chi connectivity index (χ0v) is 18.7. The second-order valence-corrected chi connectivity index (χ2v) is 8.03. The summed E-state index contributed by atoms with van der Waals surface area (Å²) in [4.78, 5) is 30.0. The quantitative estimate of drug-likeness (QED) is 0.230. The van der Waals surface area contributed by atoms with Crippen molar-refractivity contribution in [2.75, 3.05) is 28.6 Å². The molecule has 0 radical (unpaired) electrons. The number of benzene rings is 2. The minimum Gasteiger partial charge on any atom is -0.382 e. The number of imide groups is 1. The predicted octanol–water partition coefficient (Wildman–Crippen LogP) is 6.10. The number of alkyl halides is 6. The Morgan fingerprint density at radius 1 is 0.806 bits per heavy atom. The van der Waals surface area contributed by atoms with Gasteiger partial charge in [-0.3, -0.25) is 9.59 Å². The molecule has 13 heteroatoms. The highest BCUT2D eigenvalue weighted by Crippen LogP contribution is 2.39. The molecule has 36 heavy (non-hydrogen) atoms. The Morgan fingerprint density at radius 2 is 1.39 bits per heavy atom. The van der Waals surface area contributed by atoms with Crippen LogP contribution in [0.3, 0.4) is 0 Å². The molecule has 0 fully saturated rings. The first kappa shape index (κ1) is 25.3. The summed E-state index contributed by atoms with van der Waals surface area (Å²) in [5.41, 5.74) is -2.18. The first-order valence-electron chi connectivity index (χ1n) is 10.3. The molecule has 2 N–H and O–H groups in total. The lowest BCUT2D eigenvalue weighted by Gasteiger charge is -2.21. The van der Waals surface area contributed by atoms with Crippen LogP contribution in [0.1, 0.15) is 31.8 Å². The van der Waals surface area contributed by atoms with Crippen molar-refractivity contribution in [3.05, 3.63) is 82.0 Å². The second-order valence-electron chi connectivity index (χ2n) is 7.63. The zero-order chi connectivity index (χ0) is 26.3. The van der Waals surface area contributed by atoms with E-state index in [2.05, 4.69) is 15.6 Å². The summed E-state index contributed by atoms with van der Waals surface area (Å²) in [6.45, 7) is 0.0707. The van der Waals surface area contributed by atoms with Crippen LogP contribution >= 0.6 is 11.6 Å². The molecule has 2 aromatic carbocycles. The predicted molar refractivity (Wildman–Crippen MR) is 120 cm³/mol. The van der Waals surface area contributed by atoms with Gasteiger partial charge < -0.3 is 10.6 Å². The van der Waals surface area contributed by atoms with Gasteiger partial charge in [0, 0.05) is 19.3 Å². The average molecular weight is 529 g/mol. The normalized spacial score (nSPS) is 13.7. The Labute approximate surface area is 204 Å². The molecule has 3 aromatic rings. The first-order valence-corrected chi connectivity index (χ1v) is 10.7. The van der Waals surface area contributed by atoms with E-state index in [1.807, 2.05) is 0 Å². The van der Waals surface area contributed by atoms with Crippen LogP contribution in [0.15, 0.2) is 54.7 Å². The molecule has 0 saturated carbocycles. The third-order valence-electron chi connectivity index (χ3n) is 5.26. The van der Waals surface area contributed by atoms with Crippen molar-refractivity contribution >= 4 is 40.6 Å². The van der Waals surface area contributed by atoms with Gasteiger partial charge in [-0.1, -0.05) is 23.7 Å². The van der Waals surface area contributed by atoms with Crippen LogP contribution in [0, 0.1) is 0 Å². The lowest BCUT2D eigenvalue weighted by atomic mass is 10.1. The highest BCUT2D eigenvalue weighted by molar-refractivity contribution is 6.35. The molecular formula is C23H15ClF6N4O2. The highest BCUT2D eigenvalue weighted by Gasteiger charge is 2.39. The fourth-order valence-corrected chi connectivity index (χ4v) is 3.78. The van der Waals surface area contributed by atoms with Crippen LogP contribution in [-0.4, -0.2) is 29.9 Å². The summed E-state index contributed by atoms with van der Waals surface area (Å²) in [5, 5.41) is 5.28. The van der Waals surface area contributed by atoms with E-state index in [9.17, 15) is 35.9 Å². The van der Waals surface area contributed by atoms with E-state index in [-0.39, 0.29) is 46.4 Å². The Kier molecular flexibility index (Phi) is 6.56. The van der Waals surface area contributed by atoms with Crippen LogP contribution in [0.4, 0.5) is 43.5 Å². The number of carbonyl (C=O) groups excluding carboxylic acids is 2. The maximum absolute atomic E-state index is 13.4. The van der Waals surface area contributed by atoms with Crippen molar-refractivity contribution < 1.29 is 35.9 Å². The SMILES string of the molecule is O=C1c2ccccc2C(=O)N1c1cc(C(F)(F)F)ccc1NCCNc1ncc(C(F)(F)F)cc1Cl. The maximum Gasteiger partial charge on any atom is 0.417 e. The summed E-state index contributed by atoms with van der Waals surface area (Å²) in [5.74, 6) is -1.56. The summed E-state index contributed by atoms with van der Waals surface area (Å²) in [6.07, 6.45) is -8.73. The summed E-state index contributed by atoms with van der Waals surface area (Å²) in [7, 11) is 0. The van der Waals surface area contributed by atoms with Crippen LogP contribution in [0.5, 0.6) is 0 Å². The number of amides is 2. The van der Waals surface area contributed by atoms with Gasteiger partial charge in [0.1, 0.15) is 5.82 Å². The average Bonchev–Trinajstić information content (AvgIpc) is 3.06. The first-order chi connectivity index (χ1) is 16.9. The Balaban J connectivity index is 1.54. The van der Waals surface area contributed by atoms with Crippen molar-refractivity contribution in [1.82, 2.24) is 4.98 Å². The van der Waals surface area contributed by atoms with Crippen molar-refractivity contribution in [2.45, 2.75) is 12.4 Å². The second kappa shape index (κ2) is 9.34.